The van der Waals surface area contributed by atoms with Gasteiger partial charge in [-0.2, -0.15) is 0 Å². The third kappa shape index (κ3) is 4.38. The minimum absolute atomic E-state index is 0.411. The van der Waals surface area contributed by atoms with Gasteiger partial charge >= 0.3 is 0 Å². The minimum atomic E-state index is 0.411. The summed E-state index contributed by atoms with van der Waals surface area (Å²) >= 11 is 0. The fraction of sp³-hybridized carbons (Fsp3) is 0.438. The van der Waals surface area contributed by atoms with Crippen molar-refractivity contribution in [1.29, 1.82) is 0 Å². The van der Waals surface area contributed by atoms with Crippen LogP contribution < -0.4 is 10.1 Å². The second-order valence-electron chi connectivity index (χ2n) is 4.75. The molecule has 0 fully saturated rings. The Balaban J connectivity index is 1.84. The number of aromatic nitrogens is 1. The molecule has 0 aliphatic heterocycles. The van der Waals surface area contributed by atoms with Crippen molar-refractivity contribution in [2.75, 3.05) is 6.54 Å². The van der Waals surface area contributed by atoms with Crippen LogP contribution in [0.25, 0.3) is 0 Å². The number of aryl methyl sites for hydroxylation is 1. The average molecular weight is 274 g/mol. The normalized spacial score (nSPS) is 10.7. The standard InChI is InChI=1S/C16H22N2O2/c1-3-8-17-11-14-10-16(20-18-14)12-19-15-7-5-6-13(4-2)9-15/h5-7,9-10,17H,3-4,8,11-12H2,1-2H3. The molecule has 20 heavy (non-hydrogen) atoms. The molecule has 1 aromatic carbocycles. The molecular weight excluding hydrogens is 252 g/mol. The maximum atomic E-state index is 5.72. The maximum absolute atomic E-state index is 5.72. The van der Waals surface area contributed by atoms with Crippen LogP contribution in [-0.2, 0) is 19.6 Å². The lowest BCUT2D eigenvalue weighted by atomic mass is 10.2. The van der Waals surface area contributed by atoms with Gasteiger partial charge in [0.05, 0.1) is 5.69 Å². The van der Waals surface area contributed by atoms with Crippen LogP contribution in [0.4, 0.5) is 0 Å². The third-order valence-electron chi connectivity index (χ3n) is 3.03. The number of hydrogen-bond donors (Lipinski definition) is 1. The molecule has 1 N–H and O–H groups in total. The quantitative estimate of drug-likeness (QED) is 0.750. The molecule has 0 aliphatic rings. The molecule has 0 aliphatic carbocycles. The first-order chi connectivity index (χ1) is 9.81. The van der Waals surface area contributed by atoms with E-state index in [0.717, 1.165) is 43.1 Å². The maximum Gasteiger partial charge on any atom is 0.174 e. The lowest BCUT2D eigenvalue weighted by molar-refractivity contribution is 0.248. The van der Waals surface area contributed by atoms with Gasteiger partial charge in [-0.3, -0.25) is 0 Å². The van der Waals surface area contributed by atoms with Gasteiger partial charge in [0.15, 0.2) is 5.76 Å². The predicted molar refractivity (Wildman–Crippen MR) is 78.7 cm³/mol. The molecule has 0 atom stereocenters. The van der Waals surface area contributed by atoms with Gasteiger partial charge in [-0.25, -0.2) is 0 Å². The lowest BCUT2D eigenvalue weighted by Gasteiger charge is -2.04. The molecule has 2 rings (SSSR count). The molecule has 0 radical (unpaired) electrons. The molecule has 4 nitrogen and oxygen atoms in total. The Bertz CT molecular complexity index is 523. The van der Waals surface area contributed by atoms with Gasteiger partial charge in [-0.1, -0.05) is 31.1 Å². The van der Waals surface area contributed by atoms with Crippen molar-refractivity contribution in [3.8, 4) is 5.75 Å². The van der Waals surface area contributed by atoms with Crippen LogP contribution >= 0.6 is 0 Å². The van der Waals surface area contributed by atoms with Crippen LogP contribution in [0.3, 0.4) is 0 Å². The topological polar surface area (TPSA) is 47.3 Å². The van der Waals surface area contributed by atoms with E-state index in [9.17, 15) is 0 Å². The summed E-state index contributed by atoms with van der Waals surface area (Å²) in [5, 5.41) is 7.31. The Morgan fingerprint density at radius 3 is 2.95 bits per heavy atom. The molecule has 0 spiro atoms. The van der Waals surface area contributed by atoms with E-state index in [-0.39, 0.29) is 0 Å². The first-order valence-electron chi connectivity index (χ1n) is 7.18. The third-order valence-corrected chi connectivity index (χ3v) is 3.03. The number of rotatable bonds is 8. The lowest BCUT2D eigenvalue weighted by Crippen LogP contribution is -2.13. The van der Waals surface area contributed by atoms with Crippen molar-refractivity contribution in [3.05, 3.63) is 47.3 Å². The van der Waals surface area contributed by atoms with E-state index in [1.807, 2.05) is 18.2 Å². The minimum Gasteiger partial charge on any atom is -0.486 e. The Hall–Kier alpha value is -1.81. The monoisotopic (exact) mass is 274 g/mol. The highest BCUT2D eigenvalue weighted by molar-refractivity contribution is 5.28. The van der Waals surface area contributed by atoms with E-state index in [4.69, 9.17) is 9.26 Å². The Kier molecular flexibility index (Phi) is 5.62. The van der Waals surface area contributed by atoms with Crippen LogP contribution in [0.2, 0.25) is 0 Å². The number of ether oxygens (including phenoxy) is 1. The van der Waals surface area contributed by atoms with Gasteiger partial charge in [-0.15, -0.1) is 0 Å². The van der Waals surface area contributed by atoms with Crippen LogP contribution in [-0.4, -0.2) is 11.7 Å². The number of hydrogen-bond acceptors (Lipinski definition) is 4. The summed E-state index contributed by atoms with van der Waals surface area (Å²) in [6, 6.07) is 10.1. The molecule has 0 amide bonds. The van der Waals surface area contributed by atoms with Gasteiger partial charge in [-0.05, 0) is 37.1 Å². The molecule has 0 saturated carbocycles. The SMILES string of the molecule is CCCNCc1cc(COc2cccc(CC)c2)on1. The fourth-order valence-electron chi connectivity index (χ4n) is 1.91. The predicted octanol–water partition coefficient (Wildman–Crippen LogP) is 3.32. The summed E-state index contributed by atoms with van der Waals surface area (Å²) < 4.78 is 11.0. The highest BCUT2D eigenvalue weighted by atomic mass is 16.5. The van der Waals surface area contributed by atoms with Crippen molar-refractivity contribution in [3.63, 3.8) is 0 Å². The molecule has 108 valence electrons. The molecule has 0 unspecified atom stereocenters. The smallest absolute Gasteiger partial charge is 0.174 e. The molecule has 1 aromatic heterocycles. The van der Waals surface area contributed by atoms with Gasteiger partial charge < -0.3 is 14.6 Å². The highest BCUT2D eigenvalue weighted by Crippen LogP contribution is 2.15. The van der Waals surface area contributed by atoms with Crippen molar-refractivity contribution in [2.45, 2.75) is 39.8 Å². The van der Waals surface area contributed by atoms with Crippen molar-refractivity contribution in [2.24, 2.45) is 0 Å². The summed E-state index contributed by atoms with van der Waals surface area (Å²) in [5.74, 6) is 1.62. The van der Waals surface area contributed by atoms with Gasteiger partial charge in [0, 0.05) is 12.6 Å². The summed E-state index contributed by atoms with van der Waals surface area (Å²) in [7, 11) is 0. The first kappa shape index (κ1) is 14.6. The zero-order chi connectivity index (χ0) is 14.2. The van der Waals surface area contributed by atoms with E-state index < -0.39 is 0 Å². The summed E-state index contributed by atoms with van der Waals surface area (Å²) in [6.07, 6.45) is 2.12. The van der Waals surface area contributed by atoms with Gasteiger partial charge in [0.2, 0.25) is 0 Å². The largest absolute Gasteiger partial charge is 0.486 e. The molecule has 0 saturated heterocycles. The summed E-state index contributed by atoms with van der Waals surface area (Å²) in [6.45, 7) is 6.41. The van der Waals surface area contributed by atoms with E-state index in [0.29, 0.717) is 6.61 Å². The van der Waals surface area contributed by atoms with Crippen LogP contribution in [0, 0.1) is 0 Å². The summed E-state index contributed by atoms with van der Waals surface area (Å²) in [5.41, 5.74) is 2.18. The van der Waals surface area contributed by atoms with Crippen LogP contribution in [0.1, 0.15) is 37.3 Å². The molecule has 1 heterocycles. The first-order valence-corrected chi connectivity index (χ1v) is 7.18. The van der Waals surface area contributed by atoms with E-state index in [1.54, 1.807) is 0 Å². The van der Waals surface area contributed by atoms with Crippen molar-refractivity contribution in [1.82, 2.24) is 10.5 Å². The van der Waals surface area contributed by atoms with Crippen LogP contribution in [0.15, 0.2) is 34.9 Å². The fourth-order valence-corrected chi connectivity index (χ4v) is 1.91. The zero-order valence-electron chi connectivity index (χ0n) is 12.2. The number of nitrogens with one attached hydrogen (secondary N) is 1. The highest BCUT2D eigenvalue weighted by Gasteiger charge is 2.05. The van der Waals surface area contributed by atoms with Crippen LogP contribution in [0.5, 0.6) is 5.75 Å². The zero-order valence-corrected chi connectivity index (χ0v) is 12.2. The second-order valence-corrected chi connectivity index (χ2v) is 4.75. The molecule has 0 bridgehead atoms. The second kappa shape index (κ2) is 7.70. The number of benzene rings is 1. The number of nitrogens with zero attached hydrogens (tertiary/aromatic N) is 1. The van der Waals surface area contributed by atoms with Crippen molar-refractivity contribution < 1.29 is 9.26 Å². The van der Waals surface area contributed by atoms with Gasteiger partial charge in [0.25, 0.3) is 0 Å². The molecule has 4 heteroatoms. The molecule has 2 aromatic rings. The van der Waals surface area contributed by atoms with Gasteiger partial charge in [0.1, 0.15) is 12.4 Å². The van der Waals surface area contributed by atoms with E-state index >= 15 is 0 Å². The summed E-state index contributed by atoms with van der Waals surface area (Å²) in [4.78, 5) is 0. The average Bonchev–Trinajstić information content (AvgIpc) is 2.94. The Labute approximate surface area is 120 Å². The van der Waals surface area contributed by atoms with E-state index in [2.05, 4.69) is 36.5 Å². The van der Waals surface area contributed by atoms with Crippen molar-refractivity contribution >= 4 is 0 Å². The Morgan fingerprint density at radius 1 is 1.25 bits per heavy atom. The Morgan fingerprint density at radius 2 is 2.15 bits per heavy atom. The van der Waals surface area contributed by atoms with E-state index in [1.165, 1.54) is 5.56 Å². The molecular formula is C16H22N2O2.